The van der Waals surface area contributed by atoms with Crippen molar-refractivity contribution in [2.24, 2.45) is 0 Å². The Morgan fingerprint density at radius 1 is 1.50 bits per heavy atom. The van der Waals surface area contributed by atoms with Crippen LogP contribution in [0, 0.1) is 21.4 Å². The van der Waals surface area contributed by atoms with E-state index >= 15 is 0 Å². The monoisotopic (exact) mass is 276 g/mol. The van der Waals surface area contributed by atoms with Crippen LogP contribution >= 0.6 is 0 Å². The molecule has 0 spiro atoms. The highest BCUT2D eigenvalue weighted by Crippen LogP contribution is 2.26. The number of pyridine rings is 1. The third kappa shape index (κ3) is 4.50. The Kier molecular flexibility index (Phi) is 6.44. The van der Waals surface area contributed by atoms with Crippen LogP contribution in [-0.2, 0) is 0 Å². The van der Waals surface area contributed by atoms with E-state index in [9.17, 15) is 10.1 Å². The topological polar surface area (TPSA) is 91.8 Å². The van der Waals surface area contributed by atoms with Gasteiger partial charge in [-0.2, -0.15) is 5.26 Å². The zero-order valence-electron chi connectivity index (χ0n) is 11.9. The molecule has 6 nitrogen and oxygen atoms in total. The summed E-state index contributed by atoms with van der Waals surface area (Å²) >= 11 is 0. The molecule has 0 aliphatic rings. The molecule has 0 aliphatic heterocycles. The van der Waals surface area contributed by atoms with Crippen LogP contribution in [0.4, 0.5) is 11.5 Å². The molecule has 1 unspecified atom stereocenters. The van der Waals surface area contributed by atoms with Gasteiger partial charge in [-0.3, -0.25) is 10.1 Å². The molecule has 108 valence electrons. The highest BCUT2D eigenvalue weighted by Gasteiger charge is 2.21. The van der Waals surface area contributed by atoms with Crippen LogP contribution in [0.15, 0.2) is 12.3 Å². The third-order valence-corrected chi connectivity index (χ3v) is 3.10. The molecule has 1 aromatic heterocycles. The van der Waals surface area contributed by atoms with Crippen molar-refractivity contribution in [2.45, 2.75) is 52.0 Å². The van der Waals surface area contributed by atoms with Gasteiger partial charge in [0.25, 0.3) is 0 Å². The number of unbranched alkanes of at least 4 members (excludes halogenated alkanes) is 3. The lowest BCUT2D eigenvalue weighted by atomic mass is 10.1. The van der Waals surface area contributed by atoms with Gasteiger partial charge in [-0.25, -0.2) is 4.98 Å². The summed E-state index contributed by atoms with van der Waals surface area (Å²) in [4.78, 5) is 14.5. The van der Waals surface area contributed by atoms with E-state index in [1.807, 2.05) is 13.0 Å². The minimum absolute atomic E-state index is 0.0330. The van der Waals surface area contributed by atoms with Crippen LogP contribution < -0.4 is 5.32 Å². The molecule has 20 heavy (non-hydrogen) atoms. The molecule has 0 aromatic carbocycles. The lowest BCUT2D eigenvalue weighted by molar-refractivity contribution is -0.384. The number of aromatic nitrogens is 1. The zero-order valence-corrected chi connectivity index (χ0v) is 11.9. The van der Waals surface area contributed by atoms with Gasteiger partial charge in [0.15, 0.2) is 0 Å². The van der Waals surface area contributed by atoms with Crippen molar-refractivity contribution in [3.05, 3.63) is 27.9 Å². The van der Waals surface area contributed by atoms with Crippen LogP contribution in [0.2, 0.25) is 0 Å². The van der Waals surface area contributed by atoms with Crippen LogP contribution in [0.5, 0.6) is 0 Å². The average molecular weight is 276 g/mol. The molecular weight excluding hydrogens is 256 g/mol. The fourth-order valence-electron chi connectivity index (χ4n) is 2.02. The quantitative estimate of drug-likeness (QED) is 0.444. The Morgan fingerprint density at radius 2 is 2.25 bits per heavy atom. The Bertz CT molecular complexity index is 496. The Balaban J connectivity index is 2.72. The second-order valence-corrected chi connectivity index (χ2v) is 4.82. The van der Waals surface area contributed by atoms with Crippen molar-refractivity contribution in [3.8, 4) is 6.07 Å². The molecule has 0 saturated carbocycles. The summed E-state index contributed by atoms with van der Waals surface area (Å²) in [5.41, 5.74) is -0.207. The summed E-state index contributed by atoms with van der Waals surface area (Å²) in [6.45, 7) is 4.12. The molecule has 0 aliphatic carbocycles. The standard InChI is InChI=1S/C14H20N4O2/c1-3-4-5-6-7-11(2)17-14-13(18(19)20)12(10-15)8-9-16-14/h8-9,11H,3-7H2,1-2H3,(H,16,17). The summed E-state index contributed by atoms with van der Waals surface area (Å²) in [5.74, 6) is 0.178. The smallest absolute Gasteiger partial charge is 0.328 e. The molecule has 1 atom stereocenters. The van der Waals surface area contributed by atoms with E-state index in [-0.39, 0.29) is 23.1 Å². The first-order chi connectivity index (χ1) is 9.60. The summed E-state index contributed by atoms with van der Waals surface area (Å²) in [6.07, 6.45) is 6.96. The molecule has 1 rings (SSSR count). The van der Waals surface area contributed by atoms with Crippen molar-refractivity contribution < 1.29 is 4.92 Å². The largest absolute Gasteiger partial charge is 0.362 e. The number of anilines is 1. The van der Waals surface area contributed by atoms with E-state index in [2.05, 4.69) is 17.2 Å². The molecule has 0 bridgehead atoms. The summed E-state index contributed by atoms with van der Waals surface area (Å²) < 4.78 is 0. The number of hydrogen-bond acceptors (Lipinski definition) is 5. The molecular formula is C14H20N4O2. The maximum Gasteiger partial charge on any atom is 0.328 e. The van der Waals surface area contributed by atoms with Crippen molar-refractivity contribution in [1.29, 1.82) is 5.26 Å². The van der Waals surface area contributed by atoms with Gasteiger partial charge in [-0.1, -0.05) is 32.6 Å². The third-order valence-electron chi connectivity index (χ3n) is 3.10. The molecule has 0 fully saturated rings. The van der Waals surface area contributed by atoms with Gasteiger partial charge in [-0.15, -0.1) is 0 Å². The van der Waals surface area contributed by atoms with Gasteiger partial charge in [-0.05, 0) is 19.4 Å². The van der Waals surface area contributed by atoms with Crippen molar-refractivity contribution in [1.82, 2.24) is 4.98 Å². The number of hydrogen-bond donors (Lipinski definition) is 1. The Morgan fingerprint density at radius 3 is 2.85 bits per heavy atom. The fourth-order valence-corrected chi connectivity index (χ4v) is 2.02. The Labute approximate surface area is 119 Å². The normalized spacial score (nSPS) is 11.7. The molecule has 1 aromatic rings. The number of nitrogens with zero attached hydrogens (tertiary/aromatic N) is 3. The van der Waals surface area contributed by atoms with Crippen molar-refractivity contribution >= 4 is 11.5 Å². The highest BCUT2D eigenvalue weighted by atomic mass is 16.6. The SMILES string of the molecule is CCCCCCC(C)Nc1nccc(C#N)c1[N+](=O)[O-]. The van der Waals surface area contributed by atoms with E-state index < -0.39 is 4.92 Å². The fraction of sp³-hybridized carbons (Fsp3) is 0.571. The van der Waals surface area contributed by atoms with Crippen LogP contribution in [0.3, 0.4) is 0 Å². The van der Waals surface area contributed by atoms with E-state index in [4.69, 9.17) is 5.26 Å². The molecule has 0 saturated heterocycles. The van der Waals surface area contributed by atoms with Crippen LogP contribution in [0.1, 0.15) is 51.5 Å². The molecule has 0 radical (unpaired) electrons. The van der Waals surface area contributed by atoms with E-state index in [0.29, 0.717) is 0 Å². The summed E-state index contributed by atoms with van der Waals surface area (Å²) in [6, 6.07) is 3.27. The second-order valence-electron chi connectivity index (χ2n) is 4.82. The van der Waals surface area contributed by atoms with Gasteiger partial charge in [0.1, 0.15) is 11.6 Å². The van der Waals surface area contributed by atoms with Crippen molar-refractivity contribution in [2.75, 3.05) is 5.32 Å². The Hall–Kier alpha value is -2.16. The zero-order chi connectivity index (χ0) is 15.0. The minimum Gasteiger partial charge on any atom is -0.362 e. The minimum atomic E-state index is -0.558. The molecule has 0 amide bonds. The number of nitro groups is 1. The lowest BCUT2D eigenvalue weighted by Gasteiger charge is -2.14. The number of nitrogens with one attached hydrogen (secondary N) is 1. The van der Waals surface area contributed by atoms with E-state index in [1.165, 1.54) is 25.1 Å². The predicted molar refractivity (Wildman–Crippen MR) is 77.5 cm³/mol. The maximum absolute atomic E-state index is 11.1. The molecule has 6 heteroatoms. The van der Waals surface area contributed by atoms with Gasteiger partial charge in [0.05, 0.1) is 4.92 Å². The van der Waals surface area contributed by atoms with Gasteiger partial charge in [0, 0.05) is 12.2 Å². The van der Waals surface area contributed by atoms with Crippen molar-refractivity contribution in [3.63, 3.8) is 0 Å². The maximum atomic E-state index is 11.1. The predicted octanol–water partition coefficient (Wildman–Crippen LogP) is 3.63. The first-order valence-electron chi connectivity index (χ1n) is 6.90. The molecule has 1 heterocycles. The average Bonchev–Trinajstić information content (AvgIpc) is 2.43. The lowest BCUT2D eigenvalue weighted by Crippen LogP contribution is -2.17. The number of nitriles is 1. The summed E-state index contributed by atoms with van der Waals surface area (Å²) in [7, 11) is 0. The van der Waals surface area contributed by atoms with Gasteiger partial charge in [0.2, 0.25) is 5.82 Å². The highest BCUT2D eigenvalue weighted by molar-refractivity contribution is 5.64. The number of rotatable bonds is 8. The van der Waals surface area contributed by atoms with Gasteiger partial charge < -0.3 is 5.32 Å². The van der Waals surface area contributed by atoms with Gasteiger partial charge >= 0.3 is 5.69 Å². The first kappa shape index (κ1) is 15.9. The summed E-state index contributed by atoms with van der Waals surface area (Å²) in [5, 5.41) is 23.0. The van der Waals surface area contributed by atoms with E-state index in [0.717, 1.165) is 19.3 Å². The van der Waals surface area contributed by atoms with E-state index in [1.54, 1.807) is 0 Å². The molecule has 1 N–H and O–H groups in total. The second kappa shape index (κ2) is 8.10. The van der Waals surface area contributed by atoms with Crippen LogP contribution in [0.25, 0.3) is 0 Å². The van der Waals surface area contributed by atoms with Crippen LogP contribution in [-0.4, -0.2) is 15.9 Å². The first-order valence-corrected chi connectivity index (χ1v) is 6.90.